The molecule has 0 radical (unpaired) electrons. The van der Waals surface area contributed by atoms with Crippen molar-refractivity contribution < 1.29 is 13.3 Å². The van der Waals surface area contributed by atoms with Gasteiger partial charge < -0.3 is 18.2 Å². The van der Waals surface area contributed by atoms with E-state index in [0.29, 0.717) is 11.8 Å². The molecule has 0 N–H and O–H groups in total. The maximum Gasteiger partial charge on any atom is 0.248 e. The zero-order chi connectivity index (χ0) is 34.2. The van der Waals surface area contributed by atoms with Crippen LogP contribution < -0.4 is 4.90 Å². The Kier molecular flexibility index (Phi) is 6.15. The molecule has 0 unspecified atom stereocenters. The fourth-order valence-electron chi connectivity index (χ4n) is 7.43. The van der Waals surface area contributed by atoms with Gasteiger partial charge in [0.15, 0.2) is 0 Å². The number of para-hydroxylation sites is 2. The highest BCUT2D eigenvalue weighted by atomic mass is 16.4. The summed E-state index contributed by atoms with van der Waals surface area (Å²) in [5, 5.41) is 17.6. The van der Waals surface area contributed by atoms with Crippen LogP contribution in [-0.4, -0.2) is 10.2 Å². The number of benzene rings is 8. The van der Waals surface area contributed by atoms with Crippen molar-refractivity contribution in [2.24, 2.45) is 0 Å². The van der Waals surface area contributed by atoms with Crippen LogP contribution in [0, 0.1) is 0 Å². The summed E-state index contributed by atoms with van der Waals surface area (Å²) in [5.74, 6) is 0.962. The predicted molar refractivity (Wildman–Crippen MR) is 209 cm³/mol. The topological polar surface area (TPSA) is 68.4 Å². The van der Waals surface area contributed by atoms with Crippen molar-refractivity contribution >= 4 is 82.5 Å². The van der Waals surface area contributed by atoms with E-state index in [1.165, 1.54) is 0 Å². The minimum absolute atomic E-state index is 0.470. The number of rotatable bonds is 5. The van der Waals surface area contributed by atoms with Crippen molar-refractivity contribution in [1.29, 1.82) is 0 Å². The van der Waals surface area contributed by atoms with Gasteiger partial charge in [-0.2, -0.15) is 0 Å². The average molecular weight is 670 g/mol. The Morgan fingerprint density at radius 2 is 0.808 bits per heavy atom. The molecule has 0 saturated carbocycles. The molecular weight excluding hydrogens is 643 g/mol. The molecule has 6 nitrogen and oxygen atoms in total. The van der Waals surface area contributed by atoms with E-state index in [1.807, 2.05) is 66.7 Å². The highest BCUT2D eigenvalue weighted by Gasteiger charge is 2.18. The molecule has 244 valence electrons. The summed E-state index contributed by atoms with van der Waals surface area (Å²) in [7, 11) is 0. The Hall–Kier alpha value is -7.18. The van der Waals surface area contributed by atoms with Gasteiger partial charge in [-0.1, -0.05) is 66.7 Å². The average Bonchev–Trinajstić information content (AvgIpc) is 3.92. The van der Waals surface area contributed by atoms with Crippen molar-refractivity contribution in [2.45, 2.75) is 0 Å². The fourth-order valence-corrected chi connectivity index (χ4v) is 7.43. The number of hydrogen-bond acceptors (Lipinski definition) is 6. The molecule has 0 bridgehead atoms. The number of fused-ring (bicyclic) bond motifs is 8. The molecule has 3 aromatic heterocycles. The molecule has 8 aromatic carbocycles. The van der Waals surface area contributed by atoms with Crippen LogP contribution in [0.3, 0.4) is 0 Å². The molecule has 0 aliphatic carbocycles. The van der Waals surface area contributed by atoms with Crippen LogP contribution in [0.1, 0.15) is 0 Å². The smallest absolute Gasteiger partial charge is 0.248 e. The van der Waals surface area contributed by atoms with E-state index < -0.39 is 0 Å². The highest BCUT2D eigenvalue weighted by molar-refractivity contribution is 6.12. The third-order valence-corrected chi connectivity index (χ3v) is 9.97. The summed E-state index contributed by atoms with van der Waals surface area (Å²) >= 11 is 0. The van der Waals surface area contributed by atoms with Crippen LogP contribution in [0.4, 0.5) is 17.1 Å². The number of nitrogens with zero attached hydrogens (tertiary/aromatic N) is 3. The van der Waals surface area contributed by atoms with E-state index in [2.05, 4.69) is 112 Å². The monoisotopic (exact) mass is 669 g/mol. The van der Waals surface area contributed by atoms with Crippen LogP contribution in [0.25, 0.3) is 88.3 Å². The van der Waals surface area contributed by atoms with Gasteiger partial charge in [-0.05, 0) is 119 Å². The summed E-state index contributed by atoms with van der Waals surface area (Å²) in [6, 6.07) is 56.4. The van der Waals surface area contributed by atoms with E-state index >= 15 is 0 Å². The lowest BCUT2D eigenvalue weighted by molar-refractivity contribution is 0.584. The second-order valence-electron chi connectivity index (χ2n) is 13.1. The minimum Gasteiger partial charge on any atom is -0.456 e. The van der Waals surface area contributed by atoms with E-state index in [9.17, 15) is 0 Å². The highest BCUT2D eigenvalue weighted by Crippen LogP contribution is 2.41. The molecule has 6 heteroatoms. The van der Waals surface area contributed by atoms with Crippen molar-refractivity contribution in [1.82, 2.24) is 10.2 Å². The Morgan fingerprint density at radius 1 is 0.327 bits per heavy atom. The number of aromatic nitrogens is 2. The summed E-state index contributed by atoms with van der Waals surface area (Å²) in [6.07, 6.45) is 0. The fraction of sp³-hybridized carbons (Fsp3) is 0. The summed E-state index contributed by atoms with van der Waals surface area (Å²) in [6.45, 7) is 0. The van der Waals surface area contributed by atoms with Crippen molar-refractivity contribution in [3.05, 3.63) is 164 Å². The van der Waals surface area contributed by atoms with Crippen LogP contribution >= 0.6 is 0 Å². The molecule has 0 spiro atoms. The molecule has 0 saturated heterocycles. The molecule has 11 rings (SSSR count). The van der Waals surface area contributed by atoms with Crippen molar-refractivity contribution in [3.63, 3.8) is 0 Å². The van der Waals surface area contributed by atoms with Crippen LogP contribution in [0.15, 0.2) is 177 Å². The van der Waals surface area contributed by atoms with Gasteiger partial charge in [-0.25, -0.2) is 0 Å². The SMILES string of the molecule is c1ccc(-c2nnc(-c3ccc(N(c4ccc5cc6c(cc5c4)oc4ccccc46)c4ccc5cc6c(cc5c4)oc4ccccc46)cc3)o2)cc1. The van der Waals surface area contributed by atoms with Gasteiger partial charge in [-0.3, -0.25) is 0 Å². The zero-order valence-electron chi connectivity index (χ0n) is 27.7. The van der Waals surface area contributed by atoms with Crippen molar-refractivity contribution in [3.8, 4) is 22.9 Å². The molecule has 0 amide bonds. The summed E-state index contributed by atoms with van der Waals surface area (Å²) < 4.78 is 18.6. The third kappa shape index (κ3) is 4.58. The van der Waals surface area contributed by atoms with Crippen LogP contribution in [0.2, 0.25) is 0 Å². The number of anilines is 3. The zero-order valence-corrected chi connectivity index (χ0v) is 27.7. The molecular formula is C46H27N3O3. The number of hydrogen-bond donors (Lipinski definition) is 0. The van der Waals surface area contributed by atoms with Gasteiger partial charge in [-0.15, -0.1) is 10.2 Å². The van der Waals surface area contributed by atoms with Crippen molar-refractivity contribution in [2.75, 3.05) is 4.90 Å². The first-order chi connectivity index (χ1) is 25.7. The molecule has 0 atom stereocenters. The Morgan fingerprint density at radius 3 is 1.37 bits per heavy atom. The van der Waals surface area contributed by atoms with Gasteiger partial charge in [0.2, 0.25) is 11.8 Å². The molecule has 3 heterocycles. The largest absolute Gasteiger partial charge is 0.456 e. The third-order valence-electron chi connectivity index (χ3n) is 9.97. The standard InChI is InChI=1S/C46H27N3O3/c1-2-8-28(9-3-1)45-47-48-46(52-45)29-14-18-34(19-15-29)49(35-20-16-30-24-39-37-10-4-6-12-41(37)50-43(39)26-32(30)22-35)36-21-17-31-25-40-38-11-5-7-13-42(38)51-44(40)27-33(31)23-36/h1-27H. The van der Waals surface area contributed by atoms with Gasteiger partial charge in [0.1, 0.15) is 22.3 Å². The van der Waals surface area contributed by atoms with Gasteiger partial charge >= 0.3 is 0 Å². The maximum atomic E-state index is 6.28. The second kappa shape index (κ2) is 11.2. The molecule has 0 aliphatic rings. The van der Waals surface area contributed by atoms with Gasteiger partial charge in [0.05, 0.1) is 0 Å². The lowest BCUT2D eigenvalue weighted by atomic mass is 10.0. The molecule has 0 fully saturated rings. The first-order valence-corrected chi connectivity index (χ1v) is 17.2. The van der Waals surface area contributed by atoms with E-state index in [0.717, 1.165) is 93.6 Å². The predicted octanol–water partition coefficient (Wildman–Crippen LogP) is 13.0. The Bertz CT molecular complexity index is 2980. The van der Waals surface area contributed by atoms with Gasteiger partial charge in [0, 0.05) is 49.7 Å². The quantitative estimate of drug-likeness (QED) is 0.182. The first-order valence-electron chi connectivity index (χ1n) is 17.2. The molecule has 0 aliphatic heterocycles. The summed E-state index contributed by atoms with van der Waals surface area (Å²) in [5.41, 5.74) is 8.27. The van der Waals surface area contributed by atoms with E-state index in [4.69, 9.17) is 13.3 Å². The normalized spacial score (nSPS) is 11.8. The summed E-state index contributed by atoms with van der Waals surface area (Å²) in [4.78, 5) is 2.28. The lowest BCUT2D eigenvalue weighted by Gasteiger charge is -2.26. The van der Waals surface area contributed by atoms with E-state index in [-0.39, 0.29) is 0 Å². The van der Waals surface area contributed by atoms with Crippen LogP contribution in [0.5, 0.6) is 0 Å². The lowest BCUT2D eigenvalue weighted by Crippen LogP contribution is -2.09. The first kappa shape index (κ1) is 28.6. The number of furan rings is 2. The van der Waals surface area contributed by atoms with Gasteiger partial charge in [0.25, 0.3) is 0 Å². The molecule has 52 heavy (non-hydrogen) atoms. The molecule has 11 aromatic rings. The van der Waals surface area contributed by atoms with Crippen LogP contribution in [-0.2, 0) is 0 Å². The Balaban J connectivity index is 1.05. The van der Waals surface area contributed by atoms with E-state index in [1.54, 1.807) is 0 Å². The Labute approximate surface area is 296 Å². The maximum absolute atomic E-state index is 6.28. The second-order valence-corrected chi connectivity index (χ2v) is 13.1. The minimum atomic E-state index is 0.470.